The van der Waals surface area contributed by atoms with Crippen LogP contribution in [0, 0.1) is 0 Å². The van der Waals surface area contributed by atoms with Gasteiger partial charge in [0.15, 0.2) is 0 Å². The van der Waals surface area contributed by atoms with Gasteiger partial charge in [-0.05, 0) is 0 Å². The van der Waals surface area contributed by atoms with E-state index < -0.39 is 0 Å². The second kappa shape index (κ2) is 145. The zero-order valence-electron chi connectivity index (χ0n) is 4.72. The van der Waals surface area contributed by atoms with Crippen LogP contribution in [0.15, 0.2) is 0 Å². The van der Waals surface area contributed by atoms with Crippen LogP contribution in [0.4, 0.5) is 0 Å². The van der Waals surface area contributed by atoms with E-state index >= 15 is 0 Å². The second-order valence-electron chi connectivity index (χ2n) is 0. The Labute approximate surface area is 151 Å². The molecule has 0 rings (SSSR count). The van der Waals surface area contributed by atoms with Crippen molar-refractivity contribution in [2.45, 2.75) is 0 Å². The van der Waals surface area contributed by atoms with E-state index in [1.54, 1.807) is 0 Å². The van der Waals surface area contributed by atoms with Crippen LogP contribution < -0.4 is 0 Å². The van der Waals surface area contributed by atoms with Crippen molar-refractivity contribution in [2.75, 3.05) is 0 Å². The maximum atomic E-state index is 0. The summed E-state index contributed by atoms with van der Waals surface area (Å²) in [4.78, 5) is 0. The maximum absolute atomic E-state index is 0. The molecule has 0 aliphatic heterocycles. The molecule has 3 nitrogen and oxygen atoms in total. The zero-order valence-corrected chi connectivity index (χ0v) is 13.7. The molecule has 0 spiro atoms. The van der Waals surface area contributed by atoms with E-state index in [-0.39, 0.29) is 154 Å². The van der Waals surface area contributed by atoms with Crippen LogP contribution in [0.3, 0.4) is 0 Å². The molecule has 0 saturated carbocycles. The van der Waals surface area contributed by atoms with E-state index in [0.717, 1.165) is 0 Å². The van der Waals surface area contributed by atoms with E-state index in [2.05, 4.69) is 0 Å². The topological polar surface area (TPSA) is 85.5 Å². The summed E-state index contributed by atoms with van der Waals surface area (Å²) in [7, 11) is 0. The standard InChI is InChI=1S/3Al.5Fe.3O/q3*-3;5*+3;3*-2. The van der Waals surface area contributed by atoms with Crippen molar-refractivity contribution in [3.63, 3.8) is 0 Å². The average molecular weight is 408 g/mol. The molecule has 0 aromatic carbocycles. The smallest absolute Gasteiger partial charge is 3.00 e. The van der Waals surface area contributed by atoms with Crippen molar-refractivity contribution in [3.05, 3.63) is 0 Å². The van der Waals surface area contributed by atoms with Gasteiger partial charge in [0.1, 0.15) is 0 Å². The van der Waals surface area contributed by atoms with Crippen molar-refractivity contribution >= 4 is 52.1 Å². The summed E-state index contributed by atoms with van der Waals surface area (Å²) in [5.41, 5.74) is 0. The summed E-state index contributed by atoms with van der Waals surface area (Å²) >= 11 is 0. The van der Waals surface area contributed by atoms with E-state index in [1.165, 1.54) is 0 Å². The Hall–Kier alpha value is 4.07. The van der Waals surface area contributed by atoms with Gasteiger partial charge in [-0.1, -0.05) is 0 Å². The zero-order chi connectivity index (χ0) is 0. The minimum absolute atomic E-state index is 0. The second-order valence-corrected chi connectivity index (χ2v) is 0. The first-order valence-corrected chi connectivity index (χ1v) is 0. The van der Waals surface area contributed by atoms with Crippen molar-refractivity contribution in [3.8, 4) is 0 Å². The van der Waals surface area contributed by atoms with Gasteiger partial charge in [0.25, 0.3) is 0 Å². The molecule has 0 fully saturated rings. The van der Waals surface area contributed by atoms with E-state index in [0.29, 0.717) is 0 Å². The predicted octanol–water partition coefficient (Wildman–Crippen LogP) is -1.51. The predicted molar refractivity (Wildman–Crippen MR) is 19.3 cm³/mol. The number of hydrogen-bond donors (Lipinski definition) is 0. The van der Waals surface area contributed by atoms with Gasteiger partial charge < -0.3 is 68.5 Å². The summed E-state index contributed by atoms with van der Waals surface area (Å²) in [6.45, 7) is 0. The van der Waals surface area contributed by atoms with Gasteiger partial charge in [-0.3, -0.25) is 0 Å². The van der Waals surface area contributed by atoms with Crippen LogP contribution in [0.5, 0.6) is 0 Å². The van der Waals surface area contributed by atoms with Crippen LogP contribution in [0.1, 0.15) is 0 Å². The molecule has 0 unspecified atom stereocenters. The maximum Gasteiger partial charge on any atom is 3.00 e. The quantitative estimate of drug-likeness (QED) is 0.437. The van der Waals surface area contributed by atoms with Crippen LogP contribution in [-0.2, 0) is 102 Å². The molecule has 11 radical (unpaired) electrons. The Morgan fingerprint density at radius 1 is 0.273 bits per heavy atom. The monoisotopic (exact) mass is 409 g/mol. The Morgan fingerprint density at radius 3 is 0.273 bits per heavy atom. The molecule has 11 heteroatoms. The molecule has 0 amide bonds. The van der Waals surface area contributed by atoms with Gasteiger partial charge in [-0.2, -0.15) is 0 Å². The molecule has 0 heterocycles. The molecule has 0 aliphatic rings. The Morgan fingerprint density at radius 2 is 0.273 bits per heavy atom. The van der Waals surface area contributed by atoms with E-state index in [4.69, 9.17) is 0 Å². The molecular formula is Al3Fe5O3. The third-order valence-electron chi connectivity index (χ3n) is 0. The van der Waals surface area contributed by atoms with Crippen LogP contribution >= 0.6 is 0 Å². The Kier molecular flexibility index (Phi) is 2370. The Balaban J connectivity index is 0. The molecule has 0 N–H and O–H groups in total. The number of rotatable bonds is 0. The SMILES string of the molecule is [Al-3].[Al-3].[Al-3].[Fe+3].[Fe+3].[Fe+3].[Fe+3].[Fe+3].[O-2].[O-2].[O-2]. The summed E-state index contributed by atoms with van der Waals surface area (Å²) in [5.74, 6) is 0. The first-order valence-electron chi connectivity index (χ1n) is 0. The van der Waals surface area contributed by atoms with Crippen molar-refractivity contribution in [1.29, 1.82) is 0 Å². The first kappa shape index (κ1) is 180. The van der Waals surface area contributed by atoms with Gasteiger partial charge in [0.2, 0.25) is 0 Å². The summed E-state index contributed by atoms with van der Waals surface area (Å²) in [5, 5.41) is 0. The van der Waals surface area contributed by atoms with E-state index in [1.807, 2.05) is 0 Å². The van der Waals surface area contributed by atoms with Crippen LogP contribution in [0.2, 0.25) is 0 Å². The van der Waals surface area contributed by atoms with Gasteiger partial charge in [0, 0.05) is 0 Å². The molecule has 0 atom stereocenters. The summed E-state index contributed by atoms with van der Waals surface area (Å²) in [6, 6.07) is 0. The number of hydrogen-bond acceptors (Lipinski definition) is 0. The molecule has 0 aromatic rings. The minimum atomic E-state index is 0. The molecule has 0 aliphatic carbocycles. The fraction of sp³-hybridized carbons (Fsp3) is 0. The molecule has 11 heavy (non-hydrogen) atoms. The van der Waals surface area contributed by atoms with Gasteiger partial charge in [0.05, 0.1) is 0 Å². The Bertz CT molecular complexity index is 16.9. The van der Waals surface area contributed by atoms with Gasteiger partial charge in [-0.15, -0.1) is 0 Å². The minimum Gasteiger partial charge on any atom is -3.00 e. The molecule has 0 aromatic heterocycles. The fourth-order valence-corrected chi connectivity index (χ4v) is 0. The molecule has 0 bridgehead atoms. The fourth-order valence-electron chi connectivity index (χ4n) is 0. The van der Waals surface area contributed by atoms with Crippen molar-refractivity contribution < 1.29 is 102 Å². The largest absolute Gasteiger partial charge is 3.00 e. The van der Waals surface area contributed by atoms with Gasteiger partial charge >= 0.3 is 85.3 Å². The average Bonchev–Trinajstić information content (AvgIpc) is 0. The van der Waals surface area contributed by atoms with Crippen LogP contribution in [-0.4, -0.2) is 52.1 Å². The third kappa shape index (κ3) is 124. The molecular weight excluding hydrogens is 408 g/mol. The summed E-state index contributed by atoms with van der Waals surface area (Å²) < 4.78 is 0. The molecule has 0 saturated heterocycles. The van der Waals surface area contributed by atoms with Crippen molar-refractivity contribution in [2.24, 2.45) is 0 Å². The first-order chi connectivity index (χ1) is 0. The van der Waals surface area contributed by atoms with Crippen molar-refractivity contribution in [1.82, 2.24) is 0 Å². The van der Waals surface area contributed by atoms with E-state index in [9.17, 15) is 0 Å². The van der Waals surface area contributed by atoms with Crippen LogP contribution in [0.25, 0.3) is 0 Å². The third-order valence-corrected chi connectivity index (χ3v) is 0. The summed E-state index contributed by atoms with van der Waals surface area (Å²) in [6.07, 6.45) is 0. The normalized spacial score (nSPS) is 0. The molecule has 67 valence electrons. The van der Waals surface area contributed by atoms with Gasteiger partial charge in [-0.25, -0.2) is 0 Å².